The van der Waals surface area contributed by atoms with E-state index in [0.29, 0.717) is 22.4 Å². The lowest BCUT2D eigenvalue weighted by molar-refractivity contribution is 0.558. The van der Waals surface area contributed by atoms with Crippen molar-refractivity contribution in [2.75, 3.05) is 11.9 Å². The van der Waals surface area contributed by atoms with Crippen LogP contribution in [0.4, 0.5) is 5.69 Å². The van der Waals surface area contributed by atoms with Gasteiger partial charge in [0.2, 0.25) is 10.0 Å². The predicted octanol–water partition coefficient (Wildman–Crippen LogP) is 2.18. The Morgan fingerprint density at radius 2 is 1.96 bits per heavy atom. The van der Waals surface area contributed by atoms with E-state index in [9.17, 15) is 8.42 Å². The minimum absolute atomic E-state index is 0.0560. The van der Waals surface area contributed by atoms with E-state index in [2.05, 4.69) is 15.7 Å². The minimum atomic E-state index is -3.69. The Morgan fingerprint density at radius 1 is 1.32 bits per heavy atom. The zero-order valence-corrected chi connectivity index (χ0v) is 16.3. The fourth-order valence-electron chi connectivity index (χ4n) is 2.23. The zero-order valence-electron chi connectivity index (χ0n) is 13.9. The highest BCUT2D eigenvalue weighted by Crippen LogP contribution is 2.18. The van der Waals surface area contributed by atoms with Crippen LogP contribution in [-0.4, -0.2) is 29.9 Å². The molecule has 10 heteroatoms. The monoisotopic (exact) mass is 401 g/mol. The fraction of sp³-hybridized carbons (Fsp3) is 0.333. The van der Waals surface area contributed by atoms with Gasteiger partial charge in [-0.15, -0.1) is 0 Å². The highest BCUT2D eigenvalue weighted by atomic mass is 35.5. The molecule has 0 atom stereocenters. The van der Waals surface area contributed by atoms with Gasteiger partial charge in [0, 0.05) is 18.8 Å². The molecule has 136 valence electrons. The van der Waals surface area contributed by atoms with Gasteiger partial charge in [0.15, 0.2) is 5.11 Å². The van der Waals surface area contributed by atoms with Crippen molar-refractivity contribution < 1.29 is 8.42 Å². The van der Waals surface area contributed by atoms with Crippen LogP contribution in [0.15, 0.2) is 29.2 Å². The number of aromatic nitrogens is 2. The lowest BCUT2D eigenvalue weighted by Crippen LogP contribution is -2.29. The third-order valence-electron chi connectivity index (χ3n) is 3.57. The second-order valence-corrected chi connectivity index (χ2v) is 7.86. The second kappa shape index (κ2) is 8.13. The number of hydrogen-bond donors (Lipinski definition) is 3. The van der Waals surface area contributed by atoms with Gasteiger partial charge in [-0.1, -0.05) is 11.6 Å². The van der Waals surface area contributed by atoms with Crippen LogP contribution in [0.5, 0.6) is 0 Å². The van der Waals surface area contributed by atoms with E-state index < -0.39 is 10.0 Å². The molecule has 2 aromatic rings. The number of anilines is 1. The summed E-state index contributed by atoms with van der Waals surface area (Å²) in [5.41, 5.74) is 2.46. The maximum Gasteiger partial charge on any atom is 0.238 e. The topological polar surface area (TPSA) is 102 Å². The molecule has 0 saturated heterocycles. The Hall–Kier alpha value is -1.68. The van der Waals surface area contributed by atoms with Crippen LogP contribution >= 0.6 is 23.8 Å². The molecular weight excluding hydrogens is 382 g/mol. The summed E-state index contributed by atoms with van der Waals surface area (Å²) < 4.78 is 24.3. The van der Waals surface area contributed by atoms with E-state index in [0.717, 1.165) is 24.4 Å². The number of aryl methyl sites for hydroxylation is 2. The maximum absolute atomic E-state index is 11.2. The smallest absolute Gasteiger partial charge is 0.238 e. The molecule has 0 radical (unpaired) electrons. The number of benzene rings is 1. The van der Waals surface area contributed by atoms with E-state index in [1.165, 1.54) is 12.1 Å². The first-order valence-electron chi connectivity index (χ1n) is 7.55. The number of hydrogen-bond acceptors (Lipinski definition) is 4. The number of sulfonamides is 1. The first-order valence-corrected chi connectivity index (χ1v) is 9.89. The van der Waals surface area contributed by atoms with Gasteiger partial charge in [0.1, 0.15) is 0 Å². The number of nitrogens with two attached hydrogens (primary N) is 1. The Bertz CT molecular complexity index is 863. The summed E-state index contributed by atoms with van der Waals surface area (Å²) in [5, 5.41) is 16.7. The third kappa shape index (κ3) is 5.40. The van der Waals surface area contributed by atoms with Crippen molar-refractivity contribution in [2.45, 2.75) is 31.7 Å². The van der Waals surface area contributed by atoms with E-state index in [4.69, 9.17) is 29.0 Å². The van der Waals surface area contributed by atoms with Crippen molar-refractivity contribution in [2.24, 2.45) is 5.14 Å². The van der Waals surface area contributed by atoms with Crippen molar-refractivity contribution in [3.8, 4) is 0 Å². The van der Waals surface area contributed by atoms with Crippen molar-refractivity contribution in [1.29, 1.82) is 0 Å². The predicted molar refractivity (Wildman–Crippen MR) is 103 cm³/mol. The SMILES string of the molecule is Cc1nn(CCCNC(=S)Nc2ccc(S(N)(=O)=O)cc2)c(C)c1Cl. The molecule has 0 bridgehead atoms. The Balaban J connectivity index is 1.78. The van der Waals surface area contributed by atoms with E-state index in [-0.39, 0.29) is 4.90 Å². The first kappa shape index (κ1) is 19.6. The molecule has 4 N–H and O–H groups in total. The van der Waals surface area contributed by atoms with Crippen molar-refractivity contribution >= 4 is 44.6 Å². The molecular formula is C15H20ClN5O2S2. The summed E-state index contributed by atoms with van der Waals surface area (Å²) in [6.45, 7) is 5.21. The first-order chi connectivity index (χ1) is 11.7. The number of thiocarbonyl (C=S) groups is 1. The molecule has 0 saturated carbocycles. The summed E-state index contributed by atoms with van der Waals surface area (Å²) in [4.78, 5) is 0.0560. The third-order valence-corrected chi connectivity index (χ3v) is 5.29. The molecule has 0 spiro atoms. The lowest BCUT2D eigenvalue weighted by atomic mass is 10.3. The van der Waals surface area contributed by atoms with Crippen molar-refractivity contribution in [3.63, 3.8) is 0 Å². The summed E-state index contributed by atoms with van der Waals surface area (Å²) in [7, 11) is -3.69. The van der Waals surface area contributed by atoms with Crippen molar-refractivity contribution in [1.82, 2.24) is 15.1 Å². The quantitative estimate of drug-likeness (QED) is 0.506. The lowest BCUT2D eigenvalue weighted by Gasteiger charge is -2.11. The van der Waals surface area contributed by atoms with Crippen LogP contribution in [0.25, 0.3) is 0 Å². The zero-order chi connectivity index (χ0) is 18.6. The molecule has 1 heterocycles. The fourth-order valence-corrected chi connectivity index (χ4v) is 3.10. The van der Waals surface area contributed by atoms with Gasteiger partial charge in [0.25, 0.3) is 0 Å². The Morgan fingerprint density at radius 3 is 2.48 bits per heavy atom. The molecule has 2 rings (SSSR count). The molecule has 0 unspecified atom stereocenters. The van der Waals surface area contributed by atoms with E-state index in [1.54, 1.807) is 12.1 Å². The molecule has 25 heavy (non-hydrogen) atoms. The highest BCUT2D eigenvalue weighted by Gasteiger charge is 2.09. The van der Waals surface area contributed by atoms with E-state index >= 15 is 0 Å². The molecule has 0 aliphatic rings. The maximum atomic E-state index is 11.2. The number of nitrogens with zero attached hydrogens (tertiary/aromatic N) is 2. The average Bonchev–Trinajstić information content (AvgIpc) is 2.78. The number of primary sulfonamides is 1. The number of rotatable bonds is 6. The summed E-state index contributed by atoms with van der Waals surface area (Å²) in [5.74, 6) is 0. The average molecular weight is 402 g/mol. The standard InChI is InChI=1S/C15H20ClN5O2S2/c1-10-14(16)11(2)21(20-10)9-3-8-18-15(24)19-12-4-6-13(7-5-12)25(17,22)23/h4-7H,3,8-9H2,1-2H3,(H2,17,22,23)(H2,18,19,24). The van der Waals surface area contributed by atoms with Crippen LogP contribution < -0.4 is 15.8 Å². The van der Waals surface area contributed by atoms with Gasteiger partial charge >= 0.3 is 0 Å². The Kier molecular flexibility index (Phi) is 6.39. The van der Waals surface area contributed by atoms with E-state index in [1.807, 2.05) is 18.5 Å². The molecule has 1 aromatic carbocycles. The minimum Gasteiger partial charge on any atom is -0.362 e. The summed E-state index contributed by atoms with van der Waals surface area (Å²) in [6, 6.07) is 6.05. The molecule has 0 aliphatic heterocycles. The van der Waals surface area contributed by atoms with Gasteiger partial charge in [0.05, 0.1) is 21.3 Å². The summed E-state index contributed by atoms with van der Waals surface area (Å²) in [6.07, 6.45) is 0.824. The second-order valence-electron chi connectivity index (χ2n) is 5.51. The largest absolute Gasteiger partial charge is 0.362 e. The van der Waals surface area contributed by atoms with Gasteiger partial charge in [-0.3, -0.25) is 4.68 Å². The van der Waals surface area contributed by atoms with Crippen LogP contribution in [0, 0.1) is 13.8 Å². The molecule has 0 amide bonds. The Labute approximate surface area is 157 Å². The molecule has 7 nitrogen and oxygen atoms in total. The van der Waals surface area contributed by atoms with Gasteiger partial charge in [-0.05, 0) is 56.8 Å². The van der Waals surface area contributed by atoms with Crippen LogP contribution in [0.3, 0.4) is 0 Å². The normalized spacial score (nSPS) is 11.4. The number of halogens is 1. The van der Waals surface area contributed by atoms with Crippen LogP contribution in [-0.2, 0) is 16.6 Å². The molecule has 1 aromatic heterocycles. The molecule has 0 fully saturated rings. The van der Waals surface area contributed by atoms with Crippen molar-refractivity contribution in [3.05, 3.63) is 40.7 Å². The van der Waals surface area contributed by atoms with Crippen LogP contribution in [0.2, 0.25) is 5.02 Å². The van der Waals surface area contributed by atoms with Gasteiger partial charge in [-0.2, -0.15) is 5.10 Å². The van der Waals surface area contributed by atoms with Gasteiger partial charge in [-0.25, -0.2) is 13.6 Å². The summed E-state index contributed by atoms with van der Waals surface area (Å²) >= 11 is 11.3. The van der Waals surface area contributed by atoms with Gasteiger partial charge < -0.3 is 10.6 Å². The number of nitrogens with one attached hydrogen (secondary N) is 2. The highest BCUT2D eigenvalue weighted by molar-refractivity contribution is 7.89. The van der Waals surface area contributed by atoms with Crippen LogP contribution in [0.1, 0.15) is 17.8 Å². The molecule has 0 aliphatic carbocycles.